The normalized spacial score (nSPS) is 10.6. The average Bonchev–Trinajstić information content (AvgIpc) is 2.25. The maximum Gasteiger partial charge on any atom is 0.328 e. The molecule has 0 atom stereocenters. The monoisotopic (exact) mass is 282 g/mol. The summed E-state index contributed by atoms with van der Waals surface area (Å²) in [5.74, 6) is -1.03. The number of rotatable bonds is 4. The Bertz CT molecular complexity index is 450. The summed E-state index contributed by atoms with van der Waals surface area (Å²) in [6, 6.07) is 5.18. The van der Waals surface area contributed by atoms with Crippen LogP contribution in [0.2, 0.25) is 0 Å². The fraction of sp³-hybridized carbons (Fsp3) is 0.167. The first-order valence-electron chi connectivity index (χ1n) is 4.78. The van der Waals surface area contributed by atoms with Gasteiger partial charge < -0.3 is 5.11 Å². The molecule has 1 N–H and O–H groups in total. The number of carboxylic acids is 1. The van der Waals surface area contributed by atoms with Crippen molar-refractivity contribution in [1.29, 1.82) is 0 Å². The van der Waals surface area contributed by atoms with Crippen molar-refractivity contribution in [2.45, 2.75) is 13.3 Å². The largest absolute Gasteiger partial charge is 0.478 e. The predicted molar refractivity (Wildman–Crippen MR) is 65.4 cm³/mol. The minimum absolute atomic E-state index is 0.00228. The van der Waals surface area contributed by atoms with E-state index in [1.165, 1.54) is 6.08 Å². The minimum atomic E-state index is -1.03. The van der Waals surface area contributed by atoms with Crippen LogP contribution in [-0.2, 0) is 4.79 Å². The molecule has 0 saturated heterocycles. The van der Waals surface area contributed by atoms with Gasteiger partial charge in [-0.25, -0.2) is 4.79 Å². The van der Waals surface area contributed by atoms with E-state index in [2.05, 4.69) is 15.9 Å². The van der Waals surface area contributed by atoms with E-state index in [9.17, 15) is 9.59 Å². The highest BCUT2D eigenvalue weighted by Crippen LogP contribution is 2.19. The van der Waals surface area contributed by atoms with Crippen molar-refractivity contribution >= 4 is 33.8 Å². The Morgan fingerprint density at radius 1 is 1.44 bits per heavy atom. The van der Waals surface area contributed by atoms with Gasteiger partial charge in [-0.1, -0.05) is 22.9 Å². The molecule has 1 aromatic carbocycles. The van der Waals surface area contributed by atoms with Crippen molar-refractivity contribution in [2.24, 2.45) is 0 Å². The summed E-state index contributed by atoms with van der Waals surface area (Å²) in [4.78, 5) is 22.0. The first kappa shape index (κ1) is 12.6. The molecule has 84 valence electrons. The molecular weight excluding hydrogens is 272 g/mol. The van der Waals surface area contributed by atoms with Crippen molar-refractivity contribution in [3.63, 3.8) is 0 Å². The molecule has 3 nitrogen and oxygen atoms in total. The van der Waals surface area contributed by atoms with Crippen LogP contribution in [-0.4, -0.2) is 16.9 Å². The molecule has 0 aliphatic heterocycles. The predicted octanol–water partition coefficient (Wildman–Crippen LogP) is 3.14. The Balaban J connectivity index is 3.18. The molecule has 0 aliphatic rings. The third-order valence-electron chi connectivity index (χ3n) is 2.04. The van der Waals surface area contributed by atoms with Crippen LogP contribution in [0.25, 0.3) is 6.08 Å². The number of ketones is 1. The number of carbonyl (C=O) groups is 2. The first-order chi connectivity index (χ1) is 7.54. The van der Waals surface area contributed by atoms with Gasteiger partial charge in [0.1, 0.15) is 0 Å². The molecule has 0 spiro atoms. The summed E-state index contributed by atoms with van der Waals surface area (Å²) < 4.78 is 0.810. The Morgan fingerprint density at radius 3 is 2.69 bits per heavy atom. The number of hydrogen-bond donors (Lipinski definition) is 1. The van der Waals surface area contributed by atoms with Crippen molar-refractivity contribution in [3.05, 3.63) is 39.9 Å². The lowest BCUT2D eigenvalue weighted by Gasteiger charge is -2.04. The van der Waals surface area contributed by atoms with Gasteiger partial charge in [-0.2, -0.15) is 0 Å². The number of halogens is 1. The average molecular weight is 283 g/mol. The second-order valence-electron chi connectivity index (χ2n) is 3.18. The topological polar surface area (TPSA) is 54.4 Å². The number of carboxylic acid groups (broad SMARTS) is 1. The van der Waals surface area contributed by atoms with E-state index in [1.807, 2.05) is 0 Å². The fourth-order valence-corrected chi connectivity index (χ4v) is 1.66. The molecule has 0 aliphatic carbocycles. The molecule has 16 heavy (non-hydrogen) atoms. The highest BCUT2D eigenvalue weighted by atomic mass is 79.9. The summed E-state index contributed by atoms with van der Waals surface area (Å²) >= 11 is 3.28. The molecule has 0 unspecified atom stereocenters. The molecule has 0 aromatic heterocycles. The van der Waals surface area contributed by atoms with E-state index < -0.39 is 5.97 Å². The smallest absolute Gasteiger partial charge is 0.328 e. The van der Waals surface area contributed by atoms with E-state index in [0.717, 1.165) is 10.5 Å². The number of Topliss-reactive ketones (excluding diaryl/α,β-unsaturated/α-hetero) is 1. The second kappa shape index (κ2) is 5.61. The fourth-order valence-electron chi connectivity index (χ4n) is 1.28. The van der Waals surface area contributed by atoms with Gasteiger partial charge in [0.25, 0.3) is 0 Å². The van der Waals surface area contributed by atoms with Crippen molar-refractivity contribution < 1.29 is 14.7 Å². The highest BCUT2D eigenvalue weighted by Gasteiger charge is 2.08. The van der Waals surface area contributed by atoms with E-state index in [-0.39, 0.29) is 5.78 Å². The third-order valence-corrected chi connectivity index (χ3v) is 2.53. The van der Waals surface area contributed by atoms with Crippen LogP contribution in [0.15, 0.2) is 28.7 Å². The van der Waals surface area contributed by atoms with Crippen molar-refractivity contribution in [1.82, 2.24) is 0 Å². The Kier molecular flexibility index (Phi) is 4.43. The van der Waals surface area contributed by atoms with Gasteiger partial charge in [0.15, 0.2) is 5.78 Å². The molecular formula is C12H11BrO3. The van der Waals surface area contributed by atoms with Crippen LogP contribution in [0.1, 0.15) is 29.3 Å². The Labute approximate surface area is 102 Å². The van der Waals surface area contributed by atoms with Crippen LogP contribution >= 0.6 is 15.9 Å². The van der Waals surface area contributed by atoms with Crippen LogP contribution in [0, 0.1) is 0 Å². The lowest BCUT2D eigenvalue weighted by atomic mass is 10.0. The number of carbonyl (C=O) groups excluding carboxylic acids is 1. The van der Waals surface area contributed by atoms with Crippen LogP contribution in [0.3, 0.4) is 0 Å². The van der Waals surface area contributed by atoms with Crippen LogP contribution in [0.5, 0.6) is 0 Å². The summed E-state index contributed by atoms with van der Waals surface area (Å²) in [5.41, 5.74) is 1.16. The minimum Gasteiger partial charge on any atom is -0.478 e. The van der Waals surface area contributed by atoms with Gasteiger partial charge in [0.05, 0.1) is 0 Å². The Hall–Kier alpha value is -1.42. The third kappa shape index (κ3) is 3.31. The summed E-state index contributed by atoms with van der Waals surface area (Å²) in [6.45, 7) is 1.77. The maximum atomic E-state index is 11.6. The molecule has 0 heterocycles. The lowest BCUT2D eigenvalue weighted by Crippen LogP contribution is -1.99. The summed E-state index contributed by atoms with van der Waals surface area (Å²) in [5, 5.41) is 8.55. The molecule has 4 heteroatoms. The maximum absolute atomic E-state index is 11.6. The number of hydrogen-bond acceptors (Lipinski definition) is 2. The van der Waals surface area contributed by atoms with E-state index >= 15 is 0 Å². The molecule has 1 aromatic rings. The number of aliphatic carboxylic acids is 1. The molecule has 0 amide bonds. The second-order valence-corrected chi connectivity index (χ2v) is 4.10. The molecule has 0 bridgehead atoms. The highest BCUT2D eigenvalue weighted by molar-refractivity contribution is 9.10. The molecule has 1 rings (SSSR count). The lowest BCUT2D eigenvalue weighted by molar-refractivity contribution is -0.131. The molecule has 0 fully saturated rings. The van der Waals surface area contributed by atoms with Gasteiger partial charge >= 0.3 is 5.97 Å². The van der Waals surface area contributed by atoms with Crippen LogP contribution in [0.4, 0.5) is 0 Å². The zero-order valence-corrected chi connectivity index (χ0v) is 10.3. The van der Waals surface area contributed by atoms with Crippen LogP contribution < -0.4 is 0 Å². The van der Waals surface area contributed by atoms with E-state index in [0.29, 0.717) is 17.5 Å². The van der Waals surface area contributed by atoms with Crippen molar-refractivity contribution in [3.8, 4) is 0 Å². The Morgan fingerprint density at radius 2 is 2.12 bits per heavy atom. The van der Waals surface area contributed by atoms with Gasteiger partial charge in [0, 0.05) is 22.5 Å². The SMILES string of the molecule is CCC(=O)c1ccc(Br)cc1/C=C/C(=O)O. The summed E-state index contributed by atoms with van der Waals surface area (Å²) in [7, 11) is 0. The van der Waals surface area contributed by atoms with Gasteiger partial charge in [-0.3, -0.25) is 4.79 Å². The van der Waals surface area contributed by atoms with Gasteiger partial charge in [-0.15, -0.1) is 0 Å². The van der Waals surface area contributed by atoms with Crippen molar-refractivity contribution in [2.75, 3.05) is 0 Å². The zero-order chi connectivity index (χ0) is 12.1. The van der Waals surface area contributed by atoms with Gasteiger partial charge in [-0.05, 0) is 29.8 Å². The first-order valence-corrected chi connectivity index (χ1v) is 5.57. The standard InChI is InChI=1S/C12H11BrO3/c1-2-11(14)10-5-4-9(13)7-8(10)3-6-12(15)16/h3-7H,2H2,1H3,(H,15,16)/b6-3+. The quantitative estimate of drug-likeness (QED) is 0.682. The van der Waals surface area contributed by atoms with E-state index in [4.69, 9.17) is 5.11 Å². The van der Waals surface area contributed by atoms with E-state index in [1.54, 1.807) is 25.1 Å². The molecule has 0 radical (unpaired) electrons. The zero-order valence-electron chi connectivity index (χ0n) is 8.74. The van der Waals surface area contributed by atoms with Gasteiger partial charge in [0.2, 0.25) is 0 Å². The molecule has 0 saturated carbocycles. The summed E-state index contributed by atoms with van der Waals surface area (Å²) in [6.07, 6.45) is 2.85. The number of benzene rings is 1.